The van der Waals surface area contributed by atoms with E-state index in [1.807, 2.05) is 20.0 Å². The third-order valence-corrected chi connectivity index (χ3v) is 3.77. The highest BCUT2D eigenvalue weighted by Gasteiger charge is 2.19. The normalized spacial score (nSPS) is 18.4. The summed E-state index contributed by atoms with van der Waals surface area (Å²) < 4.78 is 1.75. The molecule has 1 aliphatic rings. The molecule has 2 heterocycles. The highest BCUT2D eigenvalue weighted by molar-refractivity contribution is 5.94. The van der Waals surface area contributed by atoms with Crippen LogP contribution in [0.4, 0.5) is 5.69 Å². The van der Waals surface area contributed by atoms with E-state index in [0.717, 1.165) is 41.7 Å². The molecule has 0 fully saturated rings. The van der Waals surface area contributed by atoms with Gasteiger partial charge in [-0.3, -0.25) is 9.48 Å². The van der Waals surface area contributed by atoms with Gasteiger partial charge < -0.3 is 5.32 Å². The monoisotopic (exact) mass is 270 g/mol. The lowest BCUT2D eigenvalue weighted by Crippen LogP contribution is -2.23. The summed E-state index contributed by atoms with van der Waals surface area (Å²) in [6, 6.07) is 1.95. The zero-order chi connectivity index (χ0) is 14.1. The minimum Gasteiger partial charge on any atom is -0.324 e. The van der Waals surface area contributed by atoms with Crippen LogP contribution in [0, 0.1) is 12.8 Å². The fraction of sp³-hybridized carbons (Fsp3) is 0.400. The number of amides is 1. The minimum absolute atomic E-state index is 0.0747. The van der Waals surface area contributed by atoms with Gasteiger partial charge in [-0.1, -0.05) is 12.2 Å². The van der Waals surface area contributed by atoms with Gasteiger partial charge in [-0.2, -0.15) is 5.10 Å². The molecule has 1 N–H and O–H groups in total. The lowest BCUT2D eigenvalue weighted by atomic mass is 9.93. The predicted octanol–water partition coefficient (Wildman–Crippen LogP) is 2.57. The minimum atomic E-state index is 0.0747. The molecule has 1 aliphatic carbocycles. The van der Waals surface area contributed by atoms with Gasteiger partial charge in [0.25, 0.3) is 0 Å². The molecule has 3 rings (SSSR count). The number of hydrogen-bond acceptors (Lipinski definition) is 3. The van der Waals surface area contributed by atoms with Crippen LogP contribution in [0.1, 0.15) is 25.0 Å². The van der Waals surface area contributed by atoms with Crippen LogP contribution in [-0.4, -0.2) is 20.7 Å². The first-order valence-corrected chi connectivity index (χ1v) is 6.90. The second-order valence-electron chi connectivity index (χ2n) is 5.27. The van der Waals surface area contributed by atoms with Gasteiger partial charge in [-0.25, -0.2) is 4.98 Å². The number of rotatable bonds is 2. The van der Waals surface area contributed by atoms with Crippen LogP contribution < -0.4 is 5.32 Å². The van der Waals surface area contributed by atoms with E-state index in [0.29, 0.717) is 0 Å². The second kappa shape index (κ2) is 5.07. The van der Waals surface area contributed by atoms with Crippen molar-refractivity contribution < 1.29 is 4.79 Å². The van der Waals surface area contributed by atoms with Crippen LogP contribution in [0.15, 0.2) is 24.4 Å². The van der Waals surface area contributed by atoms with Gasteiger partial charge in [-0.05, 0) is 32.3 Å². The molecule has 1 atom stereocenters. The maximum Gasteiger partial charge on any atom is 0.227 e. The second-order valence-corrected chi connectivity index (χ2v) is 5.27. The van der Waals surface area contributed by atoms with Crippen molar-refractivity contribution >= 4 is 22.6 Å². The van der Waals surface area contributed by atoms with Crippen molar-refractivity contribution in [2.75, 3.05) is 5.32 Å². The molecule has 0 saturated carbocycles. The molecule has 5 nitrogen and oxygen atoms in total. The molecule has 2 aromatic heterocycles. The Kier molecular flexibility index (Phi) is 3.26. The van der Waals surface area contributed by atoms with Gasteiger partial charge in [0.1, 0.15) is 0 Å². The van der Waals surface area contributed by atoms with Gasteiger partial charge in [0, 0.05) is 18.4 Å². The third-order valence-electron chi connectivity index (χ3n) is 3.77. The van der Waals surface area contributed by atoms with Gasteiger partial charge >= 0.3 is 0 Å². The molecular formula is C15H18N4O. The molecule has 104 valence electrons. The number of nitrogens with one attached hydrogen (secondary N) is 1. The smallest absolute Gasteiger partial charge is 0.227 e. The van der Waals surface area contributed by atoms with Crippen LogP contribution in [0.25, 0.3) is 11.0 Å². The summed E-state index contributed by atoms with van der Waals surface area (Å²) in [7, 11) is 1.87. The van der Waals surface area contributed by atoms with Crippen molar-refractivity contribution in [2.24, 2.45) is 13.0 Å². The Balaban J connectivity index is 1.82. The highest BCUT2D eigenvalue weighted by Crippen LogP contribution is 2.22. The van der Waals surface area contributed by atoms with Crippen molar-refractivity contribution in [3.05, 3.63) is 30.1 Å². The van der Waals surface area contributed by atoms with E-state index in [1.165, 1.54) is 0 Å². The number of aryl methyl sites for hydroxylation is 2. The summed E-state index contributed by atoms with van der Waals surface area (Å²) in [5.41, 5.74) is 2.50. The Morgan fingerprint density at radius 1 is 1.45 bits per heavy atom. The van der Waals surface area contributed by atoms with Crippen LogP contribution in [0.2, 0.25) is 0 Å². The number of anilines is 1. The molecule has 0 aliphatic heterocycles. The average Bonchev–Trinajstić information content (AvgIpc) is 2.75. The number of carbonyl (C=O) groups is 1. The topological polar surface area (TPSA) is 59.8 Å². The molecule has 0 aromatic carbocycles. The fourth-order valence-corrected chi connectivity index (χ4v) is 2.65. The molecule has 0 bridgehead atoms. The van der Waals surface area contributed by atoms with E-state index < -0.39 is 0 Å². The first-order chi connectivity index (χ1) is 9.65. The summed E-state index contributed by atoms with van der Waals surface area (Å²) >= 11 is 0. The standard InChI is InChI=1S/C15H18N4O/c1-10-13-8-12(9-16-14(13)19(2)18-10)17-15(20)11-6-4-3-5-7-11/h3-4,8-9,11H,5-7H2,1-2H3,(H,17,20)/t11-/m1/s1. The maximum absolute atomic E-state index is 12.2. The number of fused-ring (bicyclic) bond motifs is 1. The van der Waals surface area contributed by atoms with E-state index in [2.05, 4.69) is 27.6 Å². The van der Waals surface area contributed by atoms with Gasteiger partial charge in [-0.15, -0.1) is 0 Å². The fourth-order valence-electron chi connectivity index (χ4n) is 2.65. The lowest BCUT2D eigenvalue weighted by molar-refractivity contribution is -0.120. The van der Waals surface area contributed by atoms with Crippen LogP contribution in [-0.2, 0) is 11.8 Å². The van der Waals surface area contributed by atoms with E-state index in [-0.39, 0.29) is 11.8 Å². The summed E-state index contributed by atoms with van der Waals surface area (Å²) in [4.78, 5) is 16.6. The van der Waals surface area contributed by atoms with Gasteiger partial charge in [0.15, 0.2) is 5.65 Å². The average molecular weight is 270 g/mol. The highest BCUT2D eigenvalue weighted by atomic mass is 16.1. The maximum atomic E-state index is 12.2. The Labute approximate surface area is 117 Å². The first kappa shape index (κ1) is 12.8. The van der Waals surface area contributed by atoms with Crippen molar-refractivity contribution in [2.45, 2.75) is 26.2 Å². The molecule has 5 heteroatoms. The Hall–Kier alpha value is -2.17. The van der Waals surface area contributed by atoms with Crippen molar-refractivity contribution in [1.82, 2.24) is 14.8 Å². The molecule has 1 amide bonds. The largest absolute Gasteiger partial charge is 0.324 e. The number of pyridine rings is 1. The third kappa shape index (κ3) is 2.31. The molecule has 0 saturated heterocycles. The van der Waals surface area contributed by atoms with Crippen molar-refractivity contribution in [3.63, 3.8) is 0 Å². The Bertz CT molecular complexity index is 686. The van der Waals surface area contributed by atoms with E-state index >= 15 is 0 Å². The van der Waals surface area contributed by atoms with Crippen LogP contribution in [0.3, 0.4) is 0 Å². The number of nitrogens with zero attached hydrogens (tertiary/aromatic N) is 3. The summed E-state index contributed by atoms with van der Waals surface area (Å²) in [6.45, 7) is 1.95. The van der Waals surface area contributed by atoms with E-state index in [4.69, 9.17) is 0 Å². The molecule has 20 heavy (non-hydrogen) atoms. The first-order valence-electron chi connectivity index (χ1n) is 6.90. The molecule has 0 radical (unpaired) electrons. The zero-order valence-corrected chi connectivity index (χ0v) is 11.8. The lowest BCUT2D eigenvalue weighted by Gasteiger charge is -2.17. The summed E-state index contributed by atoms with van der Waals surface area (Å²) in [5.74, 6) is 0.155. The Morgan fingerprint density at radius 3 is 3.05 bits per heavy atom. The van der Waals surface area contributed by atoms with Crippen molar-refractivity contribution in [3.8, 4) is 0 Å². The van der Waals surface area contributed by atoms with E-state index in [1.54, 1.807) is 10.9 Å². The summed E-state index contributed by atoms with van der Waals surface area (Å²) in [5, 5.41) is 8.28. The number of carbonyl (C=O) groups excluding carboxylic acids is 1. The number of allylic oxidation sites excluding steroid dienone is 2. The molecule has 0 unspecified atom stereocenters. The van der Waals surface area contributed by atoms with E-state index in [9.17, 15) is 4.79 Å². The Morgan fingerprint density at radius 2 is 2.30 bits per heavy atom. The quantitative estimate of drug-likeness (QED) is 0.853. The molecule has 0 spiro atoms. The van der Waals surface area contributed by atoms with Crippen LogP contribution >= 0.6 is 0 Å². The number of aromatic nitrogens is 3. The molecular weight excluding hydrogens is 252 g/mol. The number of hydrogen-bond donors (Lipinski definition) is 1. The van der Waals surface area contributed by atoms with Crippen LogP contribution in [0.5, 0.6) is 0 Å². The predicted molar refractivity (Wildman–Crippen MR) is 78.4 cm³/mol. The van der Waals surface area contributed by atoms with Crippen molar-refractivity contribution in [1.29, 1.82) is 0 Å². The zero-order valence-electron chi connectivity index (χ0n) is 11.8. The summed E-state index contributed by atoms with van der Waals surface area (Å²) in [6.07, 6.45) is 8.64. The van der Waals surface area contributed by atoms with Gasteiger partial charge in [0.05, 0.1) is 17.6 Å². The SMILES string of the molecule is Cc1nn(C)c2ncc(NC(=O)[C@@H]3CC=CCC3)cc12. The molecule has 2 aromatic rings. The van der Waals surface area contributed by atoms with Gasteiger partial charge in [0.2, 0.25) is 5.91 Å².